The van der Waals surface area contributed by atoms with Gasteiger partial charge in [0, 0.05) is 0 Å². The number of carbonyl (C=O) groups is 1. The third-order valence-electron chi connectivity index (χ3n) is 2.65. The van der Waals surface area contributed by atoms with E-state index < -0.39 is 5.38 Å². The van der Waals surface area contributed by atoms with Gasteiger partial charge in [0.15, 0.2) is 5.38 Å². The van der Waals surface area contributed by atoms with Gasteiger partial charge in [-0.2, -0.15) is 0 Å². The molecule has 0 aliphatic heterocycles. The Morgan fingerprint density at radius 2 is 1.81 bits per heavy atom. The maximum Gasteiger partial charge on any atom is 0.328 e. The SMILES string of the molecule is CCOC(=O)C(Cl)c1cc(C)c(C)cc1C. The monoisotopic (exact) mass is 240 g/mol. The summed E-state index contributed by atoms with van der Waals surface area (Å²) in [6.45, 7) is 8.13. The molecule has 1 aromatic carbocycles. The Kier molecular flexibility index (Phi) is 4.36. The van der Waals surface area contributed by atoms with Crippen LogP contribution in [0.4, 0.5) is 0 Å². The van der Waals surface area contributed by atoms with E-state index >= 15 is 0 Å². The highest BCUT2D eigenvalue weighted by Gasteiger charge is 2.21. The molecule has 1 aromatic rings. The largest absolute Gasteiger partial charge is 0.465 e. The Labute approximate surface area is 102 Å². The number of hydrogen-bond acceptors (Lipinski definition) is 2. The number of esters is 1. The third kappa shape index (κ3) is 2.76. The van der Waals surface area contributed by atoms with E-state index in [0.29, 0.717) is 6.61 Å². The van der Waals surface area contributed by atoms with E-state index in [1.54, 1.807) is 6.92 Å². The van der Waals surface area contributed by atoms with Crippen molar-refractivity contribution in [3.63, 3.8) is 0 Å². The van der Waals surface area contributed by atoms with Gasteiger partial charge in [-0.15, -0.1) is 11.6 Å². The summed E-state index contributed by atoms with van der Waals surface area (Å²) in [4.78, 5) is 11.5. The van der Waals surface area contributed by atoms with Crippen molar-refractivity contribution in [1.29, 1.82) is 0 Å². The molecular weight excluding hydrogens is 224 g/mol. The molecule has 0 saturated carbocycles. The van der Waals surface area contributed by atoms with Crippen molar-refractivity contribution in [2.75, 3.05) is 6.61 Å². The predicted molar refractivity (Wildman–Crippen MR) is 65.9 cm³/mol. The fourth-order valence-corrected chi connectivity index (χ4v) is 1.90. The molecule has 2 nitrogen and oxygen atoms in total. The summed E-state index contributed by atoms with van der Waals surface area (Å²) in [6, 6.07) is 4.00. The molecule has 1 atom stereocenters. The predicted octanol–water partition coefficient (Wildman–Crippen LogP) is 3.45. The molecule has 0 aliphatic carbocycles. The Morgan fingerprint density at radius 3 is 2.38 bits per heavy atom. The van der Waals surface area contributed by atoms with Crippen molar-refractivity contribution < 1.29 is 9.53 Å². The van der Waals surface area contributed by atoms with Crippen molar-refractivity contribution in [1.82, 2.24) is 0 Å². The molecule has 0 amide bonds. The molecule has 0 spiro atoms. The molecule has 3 heteroatoms. The Bertz CT molecular complexity index is 399. The first-order chi connectivity index (χ1) is 7.47. The van der Waals surface area contributed by atoms with Gasteiger partial charge in [-0.1, -0.05) is 12.1 Å². The summed E-state index contributed by atoms with van der Waals surface area (Å²) in [7, 11) is 0. The number of alkyl halides is 1. The van der Waals surface area contributed by atoms with Gasteiger partial charge in [-0.25, -0.2) is 0 Å². The number of aryl methyl sites for hydroxylation is 3. The zero-order valence-electron chi connectivity index (χ0n) is 10.1. The number of hydrogen-bond donors (Lipinski definition) is 0. The lowest BCUT2D eigenvalue weighted by Gasteiger charge is -2.14. The zero-order valence-corrected chi connectivity index (χ0v) is 10.9. The molecule has 1 unspecified atom stereocenters. The normalized spacial score (nSPS) is 12.3. The fourth-order valence-electron chi connectivity index (χ4n) is 1.60. The van der Waals surface area contributed by atoms with Gasteiger partial charge in [0.1, 0.15) is 0 Å². The summed E-state index contributed by atoms with van der Waals surface area (Å²) in [5.74, 6) is -0.379. The highest BCUT2D eigenvalue weighted by molar-refractivity contribution is 6.30. The Hall–Kier alpha value is -1.02. The van der Waals surface area contributed by atoms with Crippen LogP contribution < -0.4 is 0 Å². The maximum absolute atomic E-state index is 11.5. The lowest BCUT2D eigenvalue weighted by Crippen LogP contribution is -2.12. The summed E-state index contributed by atoms with van der Waals surface area (Å²) < 4.78 is 4.91. The molecule has 0 bridgehead atoms. The van der Waals surface area contributed by atoms with Crippen LogP contribution in [-0.4, -0.2) is 12.6 Å². The van der Waals surface area contributed by atoms with Crippen LogP contribution >= 0.6 is 11.6 Å². The smallest absolute Gasteiger partial charge is 0.328 e. The molecule has 0 saturated heterocycles. The van der Waals surface area contributed by atoms with Gasteiger partial charge in [0.25, 0.3) is 0 Å². The number of benzene rings is 1. The molecule has 0 fully saturated rings. The van der Waals surface area contributed by atoms with Crippen molar-refractivity contribution in [2.24, 2.45) is 0 Å². The van der Waals surface area contributed by atoms with E-state index in [1.165, 1.54) is 5.56 Å². The fraction of sp³-hybridized carbons (Fsp3) is 0.462. The minimum atomic E-state index is -0.709. The minimum Gasteiger partial charge on any atom is -0.465 e. The molecule has 0 N–H and O–H groups in total. The average Bonchev–Trinajstić information content (AvgIpc) is 2.23. The third-order valence-corrected chi connectivity index (χ3v) is 3.06. The highest BCUT2D eigenvalue weighted by atomic mass is 35.5. The van der Waals surface area contributed by atoms with Crippen LogP contribution in [0.1, 0.15) is 34.6 Å². The van der Waals surface area contributed by atoms with E-state index in [9.17, 15) is 4.79 Å². The average molecular weight is 241 g/mol. The second-order valence-corrected chi connectivity index (χ2v) is 4.34. The first-order valence-electron chi connectivity index (χ1n) is 5.35. The number of halogens is 1. The van der Waals surface area contributed by atoms with Crippen LogP contribution in [-0.2, 0) is 9.53 Å². The van der Waals surface area contributed by atoms with Crippen molar-refractivity contribution in [2.45, 2.75) is 33.1 Å². The summed E-state index contributed by atoms with van der Waals surface area (Å²) in [6.07, 6.45) is 0. The molecule has 0 aliphatic rings. The van der Waals surface area contributed by atoms with E-state index in [0.717, 1.165) is 16.7 Å². The van der Waals surface area contributed by atoms with Gasteiger partial charge in [-0.3, -0.25) is 4.79 Å². The number of carbonyl (C=O) groups excluding carboxylic acids is 1. The van der Waals surface area contributed by atoms with Crippen LogP contribution in [0.3, 0.4) is 0 Å². The molecule has 16 heavy (non-hydrogen) atoms. The second kappa shape index (κ2) is 5.35. The van der Waals surface area contributed by atoms with Crippen molar-refractivity contribution >= 4 is 17.6 Å². The topological polar surface area (TPSA) is 26.3 Å². The minimum absolute atomic E-state index is 0.353. The van der Waals surface area contributed by atoms with Crippen molar-refractivity contribution in [3.05, 3.63) is 34.4 Å². The van der Waals surface area contributed by atoms with Crippen molar-refractivity contribution in [3.8, 4) is 0 Å². The molecule has 0 heterocycles. The first-order valence-corrected chi connectivity index (χ1v) is 5.79. The summed E-state index contributed by atoms with van der Waals surface area (Å²) >= 11 is 6.09. The lowest BCUT2D eigenvalue weighted by molar-refractivity contribution is -0.142. The standard InChI is InChI=1S/C13H17ClO2/c1-5-16-13(15)12(14)11-7-9(3)8(2)6-10(11)4/h6-7,12H,5H2,1-4H3. The summed E-state index contributed by atoms with van der Waals surface area (Å²) in [5, 5.41) is -0.709. The molecule has 1 rings (SSSR count). The molecule has 0 radical (unpaired) electrons. The Balaban J connectivity index is 3.04. The van der Waals surface area contributed by atoms with Gasteiger partial charge in [-0.05, 0) is 49.9 Å². The van der Waals surface area contributed by atoms with Gasteiger partial charge in [0.05, 0.1) is 6.61 Å². The number of rotatable bonds is 3. The lowest BCUT2D eigenvalue weighted by atomic mass is 9.98. The van der Waals surface area contributed by atoms with Crippen LogP contribution in [0.2, 0.25) is 0 Å². The van der Waals surface area contributed by atoms with Gasteiger partial charge < -0.3 is 4.74 Å². The number of ether oxygens (including phenoxy) is 1. The van der Waals surface area contributed by atoms with Crippen LogP contribution in [0.5, 0.6) is 0 Å². The van der Waals surface area contributed by atoms with Crippen LogP contribution in [0.25, 0.3) is 0 Å². The highest BCUT2D eigenvalue weighted by Crippen LogP contribution is 2.27. The second-order valence-electron chi connectivity index (χ2n) is 3.91. The first kappa shape index (κ1) is 13.0. The Morgan fingerprint density at radius 1 is 1.25 bits per heavy atom. The van der Waals surface area contributed by atoms with E-state index in [-0.39, 0.29) is 5.97 Å². The van der Waals surface area contributed by atoms with E-state index in [4.69, 9.17) is 16.3 Å². The van der Waals surface area contributed by atoms with Crippen LogP contribution in [0.15, 0.2) is 12.1 Å². The molecule has 0 aromatic heterocycles. The van der Waals surface area contributed by atoms with Gasteiger partial charge in [0.2, 0.25) is 0 Å². The molecule has 88 valence electrons. The molecular formula is C13H17ClO2. The quantitative estimate of drug-likeness (QED) is 0.598. The van der Waals surface area contributed by atoms with Crippen LogP contribution in [0, 0.1) is 20.8 Å². The maximum atomic E-state index is 11.5. The van der Waals surface area contributed by atoms with E-state index in [1.807, 2.05) is 32.9 Å². The van der Waals surface area contributed by atoms with Gasteiger partial charge >= 0.3 is 5.97 Å². The van der Waals surface area contributed by atoms with E-state index in [2.05, 4.69) is 0 Å². The summed E-state index contributed by atoms with van der Waals surface area (Å²) in [5.41, 5.74) is 4.20. The zero-order chi connectivity index (χ0) is 12.3.